The predicted octanol–water partition coefficient (Wildman–Crippen LogP) is 4.81. The standard InChI is InChI=1S/C17H11ClF4N4OS/c18-13-6-10(17(20,21)22)8-24-15(13)25-14(27)9-28-16-23-4-5-26(16)12-3-1-2-11(19)7-12/h1-8H,9H2,(H,24,25,27). The number of carbonyl (C=O) groups excluding carboxylic acids is 1. The summed E-state index contributed by atoms with van der Waals surface area (Å²) in [6.45, 7) is 0. The zero-order chi connectivity index (χ0) is 20.3. The van der Waals surface area contributed by atoms with Crippen LogP contribution in [-0.2, 0) is 11.0 Å². The van der Waals surface area contributed by atoms with Gasteiger partial charge in [-0.3, -0.25) is 9.36 Å². The molecule has 0 saturated heterocycles. The Morgan fingerprint density at radius 2 is 2.04 bits per heavy atom. The molecule has 0 saturated carbocycles. The first-order chi connectivity index (χ1) is 13.2. The molecule has 1 N–H and O–H groups in total. The van der Waals surface area contributed by atoms with Gasteiger partial charge in [-0.15, -0.1) is 0 Å². The van der Waals surface area contributed by atoms with Crippen LogP contribution in [0.1, 0.15) is 5.56 Å². The number of halogens is 5. The number of carbonyl (C=O) groups is 1. The van der Waals surface area contributed by atoms with E-state index in [0.29, 0.717) is 23.1 Å². The van der Waals surface area contributed by atoms with Crippen LogP contribution in [0, 0.1) is 5.82 Å². The molecule has 0 aliphatic heterocycles. The van der Waals surface area contributed by atoms with E-state index in [1.54, 1.807) is 22.9 Å². The molecule has 0 aliphatic rings. The zero-order valence-corrected chi connectivity index (χ0v) is 15.4. The van der Waals surface area contributed by atoms with E-state index in [4.69, 9.17) is 11.6 Å². The molecular formula is C17H11ClF4N4OS. The van der Waals surface area contributed by atoms with E-state index in [1.807, 2.05) is 0 Å². The average molecular weight is 431 g/mol. The summed E-state index contributed by atoms with van der Waals surface area (Å²) < 4.78 is 52.9. The monoisotopic (exact) mass is 430 g/mol. The van der Waals surface area contributed by atoms with Crippen molar-refractivity contribution in [3.63, 3.8) is 0 Å². The fraction of sp³-hybridized carbons (Fsp3) is 0.118. The van der Waals surface area contributed by atoms with Crippen LogP contribution in [0.4, 0.5) is 23.4 Å². The molecule has 2 aromatic heterocycles. The molecular weight excluding hydrogens is 420 g/mol. The quantitative estimate of drug-likeness (QED) is 0.466. The van der Waals surface area contributed by atoms with E-state index >= 15 is 0 Å². The minimum absolute atomic E-state index is 0.106. The minimum atomic E-state index is -4.58. The topological polar surface area (TPSA) is 59.8 Å². The number of amides is 1. The van der Waals surface area contributed by atoms with Gasteiger partial charge in [0, 0.05) is 18.6 Å². The highest BCUT2D eigenvalue weighted by atomic mass is 35.5. The highest BCUT2D eigenvalue weighted by molar-refractivity contribution is 7.99. The Hall–Kier alpha value is -2.59. The summed E-state index contributed by atoms with van der Waals surface area (Å²) in [5.41, 5.74) is -0.477. The number of benzene rings is 1. The van der Waals surface area contributed by atoms with Crippen molar-refractivity contribution < 1.29 is 22.4 Å². The van der Waals surface area contributed by atoms with E-state index in [9.17, 15) is 22.4 Å². The van der Waals surface area contributed by atoms with Gasteiger partial charge >= 0.3 is 6.18 Å². The van der Waals surface area contributed by atoms with Gasteiger partial charge in [-0.05, 0) is 24.3 Å². The number of hydrogen-bond acceptors (Lipinski definition) is 4. The van der Waals surface area contributed by atoms with Crippen molar-refractivity contribution in [3.05, 3.63) is 65.3 Å². The third-order valence-electron chi connectivity index (χ3n) is 3.45. The molecule has 0 unspecified atom stereocenters. The summed E-state index contributed by atoms with van der Waals surface area (Å²) in [5, 5.41) is 2.47. The maximum absolute atomic E-state index is 13.4. The van der Waals surface area contributed by atoms with E-state index in [1.165, 1.54) is 18.3 Å². The molecule has 0 bridgehead atoms. The van der Waals surface area contributed by atoms with Crippen molar-refractivity contribution in [1.82, 2.24) is 14.5 Å². The van der Waals surface area contributed by atoms with Gasteiger partial charge in [-0.2, -0.15) is 13.2 Å². The second-order valence-corrected chi connectivity index (χ2v) is 6.80. The molecule has 1 aromatic carbocycles. The summed E-state index contributed by atoms with van der Waals surface area (Å²) >= 11 is 6.82. The van der Waals surface area contributed by atoms with Gasteiger partial charge < -0.3 is 5.32 Å². The van der Waals surface area contributed by atoms with Gasteiger partial charge in [0.1, 0.15) is 5.82 Å². The third-order valence-corrected chi connectivity index (χ3v) is 4.71. The van der Waals surface area contributed by atoms with Gasteiger partial charge in [0.15, 0.2) is 11.0 Å². The molecule has 0 radical (unpaired) electrons. The van der Waals surface area contributed by atoms with Gasteiger partial charge in [0.05, 0.1) is 22.0 Å². The molecule has 0 atom stereocenters. The van der Waals surface area contributed by atoms with E-state index in [0.717, 1.165) is 11.8 Å². The van der Waals surface area contributed by atoms with Crippen LogP contribution in [0.2, 0.25) is 5.02 Å². The van der Waals surface area contributed by atoms with Crippen LogP contribution < -0.4 is 5.32 Å². The number of nitrogens with zero attached hydrogens (tertiary/aromatic N) is 3. The Labute approximate surface area is 165 Å². The molecule has 28 heavy (non-hydrogen) atoms. The lowest BCUT2D eigenvalue weighted by Gasteiger charge is -2.10. The summed E-state index contributed by atoms with van der Waals surface area (Å²) in [5.74, 6) is -1.23. The smallest absolute Gasteiger partial charge is 0.309 e. The van der Waals surface area contributed by atoms with Crippen LogP contribution in [0.25, 0.3) is 5.69 Å². The Morgan fingerprint density at radius 3 is 2.71 bits per heavy atom. The average Bonchev–Trinajstić information content (AvgIpc) is 3.09. The molecule has 0 aliphatic carbocycles. The fourth-order valence-electron chi connectivity index (χ4n) is 2.20. The molecule has 0 spiro atoms. The van der Waals surface area contributed by atoms with Gasteiger partial charge in [-0.25, -0.2) is 14.4 Å². The summed E-state index contributed by atoms with van der Waals surface area (Å²) in [7, 11) is 0. The number of rotatable bonds is 5. The maximum atomic E-state index is 13.4. The molecule has 5 nitrogen and oxygen atoms in total. The number of thioether (sulfide) groups is 1. The number of alkyl halides is 3. The fourth-order valence-corrected chi connectivity index (χ4v) is 3.19. The lowest BCUT2D eigenvalue weighted by atomic mass is 10.3. The maximum Gasteiger partial charge on any atom is 0.417 e. The van der Waals surface area contributed by atoms with Gasteiger partial charge in [0.25, 0.3) is 0 Å². The van der Waals surface area contributed by atoms with Gasteiger partial charge in [0.2, 0.25) is 5.91 Å². The minimum Gasteiger partial charge on any atom is -0.309 e. The van der Waals surface area contributed by atoms with Gasteiger partial charge in [-0.1, -0.05) is 29.4 Å². The third kappa shape index (κ3) is 4.82. The number of pyridine rings is 1. The van der Waals surface area contributed by atoms with Crippen molar-refractivity contribution in [1.29, 1.82) is 0 Å². The molecule has 3 rings (SSSR count). The first kappa shape index (κ1) is 20.2. The summed E-state index contributed by atoms with van der Waals surface area (Å²) in [6.07, 6.45) is -0.878. The van der Waals surface area contributed by atoms with Crippen LogP contribution in [-0.4, -0.2) is 26.2 Å². The number of hydrogen-bond donors (Lipinski definition) is 1. The second-order valence-electron chi connectivity index (χ2n) is 5.45. The SMILES string of the molecule is O=C(CSc1nccn1-c1cccc(F)c1)Nc1ncc(C(F)(F)F)cc1Cl. The lowest BCUT2D eigenvalue weighted by Crippen LogP contribution is -2.16. The number of nitrogens with one attached hydrogen (secondary N) is 1. The van der Waals surface area contributed by atoms with Crippen LogP contribution in [0.15, 0.2) is 54.1 Å². The first-order valence-electron chi connectivity index (χ1n) is 7.69. The molecule has 146 valence electrons. The Bertz CT molecular complexity index is 1010. The van der Waals surface area contributed by atoms with Crippen LogP contribution >= 0.6 is 23.4 Å². The van der Waals surface area contributed by atoms with Crippen molar-refractivity contribution in [3.8, 4) is 5.69 Å². The Morgan fingerprint density at radius 1 is 1.25 bits per heavy atom. The molecule has 2 heterocycles. The second kappa shape index (κ2) is 8.19. The number of imidazole rings is 1. The van der Waals surface area contributed by atoms with E-state index in [-0.39, 0.29) is 16.6 Å². The highest BCUT2D eigenvalue weighted by Crippen LogP contribution is 2.32. The molecule has 0 fully saturated rings. The van der Waals surface area contributed by atoms with Crippen molar-refractivity contribution in [2.45, 2.75) is 11.3 Å². The largest absolute Gasteiger partial charge is 0.417 e. The normalized spacial score (nSPS) is 11.5. The number of anilines is 1. The molecule has 11 heteroatoms. The highest BCUT2D eigenvalue weighted by Gasteiger charge is 2.31. The predicted molar refractivity (Wildman–Crippen MR) is 97.1 cm³/mol. The molecule has 3 aromatic rings. The van der Waals surface area contributed by atoms with Crippen molar-refractivity contribution >= 4 is 35.1 Å². The lowest BCUT2D eigenvalue weighted by molar-refractivity contribution is -0.137. The van der Waals surface area contributed by atoms with Crippen LogP contribution in [0.5, 0.6) is 0 Å². The molecule has 1 amide bonds. The van der Waals surface area contributed by atoms with E-state index < -0.39 is 23.5 Å². The summed E-state index contributed by atoms with van der Waals surface area (Å²) in [6, 6.07) is 6.54. The van der Waals surface area contributed by atoms with Crippen LogP contribution in [0.3, 0.4) is 0 Å². The Kier molecular flexibility index (Phi) is 5.90. The van der Waals surface area contributed by atoms with E-state index in [2.05, 4.69) is 15.3 Å². The summed E-state index contributed by atoms with van der Waals surface area (Å²) in [4.78, 5) is 19.8. The number of aromatic nitrogens is 3. The van der Waals surface area contributed by atoms with Crippen molar-refractivity contribution in [2.24, 2.45) is 0 Å². The Balaban J connectivity index is 1.65. The first-order valence-corrected chi connectivity index (χ1v) is 9.05. The zero-order valence-electron chi connectivity index (χ0n) is 13.9. The van der Waals surface area contributed by atoms with Crippen molar-refractivity contribution in [2.75, 3.05) is 11.1 Å².